The maximum Gasteiger partial charge on any atom is 0.228 e. The summed E-state index contributed by atoms with van der Waals surface area (Å²) in [6.45, 7) is 1.75. The van der Waals surface area contributed by atoms with Gasteiger partial charge < -0.3 is 15.0 Å². The van der Waals surface area contributed by atoms with Crippen LogP contribution in [0.1, 0.15) is 5.56 Å². The van der Waals surface area contributed by atoms with Crippen molar-refractivity contribution in [1.29, 1.82) is 0 Å². The van der Waals surface area contributed by atoms with Crippen molar-refractivity contribution >= 4 is 22.5 Å². The molecule has 4 aromatic rings. The molecule has 0 radical (unpaired) electrons. The number of aromatic nitrogens is 2. The molecule has 0 aliphatic carbocycles. The van der Waals surface area contributed by atoms with E-state index in [4.69, 9.17) is 4.74 Å². The quantitative estimate of drug-likeness (QED) is 0.459. The molecule has 0 unspecified atom stereocenters. The third-order valence-corrected chi connectivity index (χ3v) is 4.88. The Labute approximate surface area is 182 Å². The Morgan fingerprint density at radius 3 is 2.48 bits per heavy atom. The van der Waals surface area contributed by atoms with E-state index in [2.05, 4.69) is 15.3 Å². The molecule has 1 amide bonds. The number of ether oxygens (including phenoxy) is 1. The van der Waals surface area contributed by atoms with Gasteiger partial charge in [0.2, 0.25) is 5.91 Å². The van der Waals surface area contributed by atoms with E-state index < -0.39 is 0 Å². The Hall–Kier alpha value is -3.64. The van der Waals surface area contributed by atoms with Gasteiger partial charge in [0.15, 0.2) is 0 Å². The molecule has 6 nitrogen and oxygen atoms in total. The topological polar surface area (TPSA) is 59.4 Å². The lowest BCUT2D eigenvalue weighted by Gasteiger charge is -2.08. The molecule has 4 rings (SSSR count). The van der Waals surface area contributed by atoms with Crippen molar-refractivity contribution in [2.45, 2.75) is 13.0 Å². The standard InChI is InChI=1S/C25H26N4O2/c1-28(2)14-15-29-18-20-10-11-21(17-24(20)27-29)26-25(30)16-19-8-12-23(13-9-19)31-22-6-4-3-5-7-22/h3-13,17-18H,14-16H2,1-2H3,(H,26,30). The monoisotopic (exact) mass is 414 g/mol. The first-order valence-corrected chi connectivity index (χ1v) is 10.3. The fourth-order valence-corrected chi connectivity index (χ4v) is 3.25. The van der Waals surface area contributed by atoms with Gasteiger partial charge in [0.05, 0.1) is 18.5 Å². The zero-order valence-electron chi connectivity index (χ0n) is 17.8. The zero-order valence-corrected chi connectivity index (χ0v) is 17.8. The summed E-state index contributed by atoms with van der Waals surface area (Å²) >= 11 is 0. The van der Waals surface area contributed by atoms with Gasteiger partial charge in [0, 0.05) is 23.8 Å². The Morgan fingerprint density at radius 2 is 1.74 bits per heavy atom. The van der Waals surface area contributed by atoms with Crippen LogP contribution in [0.25, 0.3) is 10.9 Å². The first-order valence-electron chi connectivity index (χ1n) is 10.3. The fraction of sp³-hybridized carbons (Fsp3) is 0.200. The molecule has 1 N–H and O–H groups in total. The lowest BCUT2D eigenvalue weighted by atomic mass is 10.1. The molecule has 1 aromatic heterocycles. The second kappa shape index (κ2) is 9.45. The van der Waals surface area contributed by atoms with Crippen molar-refractivity contribution in [2.75, 3.05) is 26.0 Å². The highest BCUT2D eigenvalue weighted by Gasteiger charge is 2.08. The highest BCUT2D eigenvalue weighted by atomic mass is 16.5. The zero-order chi connectivity index (χ0) is 21.6. The maximum absolute atomic E-state index is 12.5. The minimum absolute atomic E-state index is 0.0666. The summed E-state index contributed by atoms with van der Waals surface area (Å²) in [6, 6.07) is 23.0. The van der Waals surface area contributed by atoms with E-state index >= 15 is 0 Å². The van der Waals surface area contributed by atoms with E-state index in [0.29, 0.717) is 6.42 Å². The molecule has 0 aliphatic heterocycles. The van der Waals surface area contributed by atoms with Gasteiger partial charge in [-0.05, 0) is 62.1 Å². The maximum atomic E-state index is 12.5. The molecule has 0 atom stereocenters. The van der Waals surface area contributed by atoms with Crippen LogP contribution in [0.5, 0.6) is 11.5 Å². The van der Waals surface area contributed by atoms with Gasteiger partial charge >= 0.3 is 0 Å². The number of benzene rings is 3. The largest absolute Gasteiger partial charge is 0.457 e. The summed E-state index contributed by atoms with van der Waals surface area (Å²) in [4.78, 5) is 14.6. The molecule has 0 bridgehead atoms. The Morgan fingerprint density at radius 1 is 1.00 bits per heavy atom. The third kappa shape index (κ3) is 5.71. The first kappa shape index (κ1) is 20.6. The molecule has 158 valence electrons. The smallest absolute Gasteiger partial charge is 0.228 e. The third-order valence-electron chi connectivity index (χ3n) is 4.88. The fourth-order valence-electron chi connectivity index (χ4n) is 3.25. The minimum Gasteiger partial charge on any atom is -0.457 e. The van der Waals surface area contributed by atoms with Gasteiger partial charge in [-0.15, -0.1) is 0 Å². The summed E-state index contributed by atoms with van der Waals surface area (Å²) in [6.07, 6.45) is 2.32. The van der Waals surface area contributed by atoms with Gasteiger partial charge in [-0.1, -0.05) is 30.3 Å². The molecule has 3 aromatic carbocycles. The second-order valence-corrected chi connectivity index (χ2v) is 7.75. The van der Waals surface area contributed by atoms with Crippen molar-refractivity contribution in [1.82, 2.24) is 14.7 Å². The van der Waals surface area contributed by atoms with Crippen molar-refractivity contribution in [3.63, 3.8) is 0 Å². The molecule has 31 heavy (non-hydrogen) atoms. The highest BCUT2D eigenvalue weighted by molar-refractivity contribution is 5.94. The predicted octanol–water partition coefficient (Wildman–Crippen LogP) is 4.57. The van der Waals surface area contributed by atoms with Crippen molar-refractivity contribution in [3.05, 3.63) is 84.6 Å². The minimum atomic E-state index is -0.0666. The number of amides is 1. The van der Waals surface area contributed by atoms with Crippen LogP contribution in [0, 0.1) is 0 Å². The Kier molecular flexibility index (Phi) is 6.29. The second-order valence-electron chi connectivity index (χ2n) is 7.75. The van der Waals surface area contributed by atoms with E-state index in [-0.39, 0.29) is 5.91 Å². The van der Waals surface area contributed by atoms with Crippen LogP contribution < -0.4 is 10.1 Å². The number of carbonyl (C=O) groups is 1. The lowest BCUT2D eigenvalue weighted by molar-refractivity contribution is -0.115. The predicted molar refractivity (Wildman–Crippen MR) is 124 cm³/mol. The molecule has 0 saturated carbocycles. The number of para-hydroxylation sites is 1. The average molecular weight is 415 g/mol. The number of anilines is 1. The number of rotatable bonds is 8. The summed E-state index contributed by atoms with van der Waals surface area (Å²) in [5.74, 6) is 1.46. The van der Waals surface area contributed by atoms with Crippen LogP contribution in [0.2, 0.25) is 0 Å². The Balaban J connectivity index is 1.35. The van der Waals surface area contributed by atoms with E-state index in [0.717, 1.165) is 46.7 Å². The molecule has 0 fully saturated rings. The lowest BCUT2D eigenvalue weighted by Crippen LogP contribution is -2.18. The van der Waals surface area contributed by atoms with Gasteiger partial charge in [0.25, 0.3) is 0 Å². The summed E-state index contributed by atoms with van der Waals surface area (Å²) in [5.41, 5.74) is 2.55. The first-order chi connectivity index (χ1) is 15.0. The van der Waals surface area contributed by atoms with Crippen molar-refractivity contribution in [2.24, 2.45) is 0 Å². The molecular weight excluding hydrogens is 388 g/mol. The number of likely N-dealkylation sites (N-methyl/N-ethyl adjacent to an activating group) is 1. The highest BCUT2D eigenvalue weighted by Crippen LogP contribution is 2.22. The number of fused-ring (bicyclic) bond motifs is 1. The van der Waals surface area contributed by atoms with Crippen molar-refractivity contribution in [3.8, 4) is 11.5 Å². The Bertz CT molecular complexity index is 1150. The molecule has 0 saturated heterocycles. The van der Waals surface area contributed by atoms with Crippen LogP contribution in [0.4, 0.5) is 5.69 Å². The van der Waals surface area contributed by atoms with E-state index in [1.165, 1.54) is 0 Å². The van der Waals surface area contributed by atoms with Crippen LogP contribution >= 0.6 is 0 Å². The molecule has 0 aliphatic rings. The summed E-state index contributed by atoms with van der Waals surface area (Å²) in [7, 11) is 4.08. The molecular formula is C25H26N4O2. The van der Waals surface area contributed by atoms with Crippen LogP contribution in [-0.2, 0) is 17.8 Å². The number of carbonyl (C=O) groups excluding carboxylic acids is 1. The summed E-state index contributed by atoms with van der Waals surface area (Å²) in [5, 5.41) is 8.64. The normalized spacial score (nSPS) is 11.1. The van der Waals surface area contributed by atoms with Crippen LogP contribution in [0.15, 0.2) is 79.0 Å². The van der Waals surface area contributed by atoms with Gasteiger partial charge in [-0.3, -0.25) is 9.48 Å². The van der Waals surface area contributed by atoms with E-state index in [1.54, 1.807) is 0 Å². The van der Waals surface area contributed by atoms with Crippen molar-refractivity contribution < 1.29 is 9.53 Å². The molecule has 0 spiro atoms. The molecule has 1 heterocycles. The number of nitrogens with zero attached hydrogens (tertiary/aromatic N) is 3. The SMILES string of the molecule is CN(C)CCn1cc2ccc(NC(=O)Cc3ccc(Oc4ccccc4)cc3)cc2n1. The van der Waals surface area contributed by atoms with Crippen LogP contribution in [-0.4, -0.2) is 41.2 Å². The van der Waals surface area contributed by atoms with Gasteiger partial charge in [0.1, 0.15) is 11.5 Å². The summed E-state index contributed by atoms with van der Waals surface area (Å²) < 4.78 is 7.73. The van der Waals surface area contributed by atoms with E-state index in [9.17, 15) is 4.79 Å². The number of hydrogen-bond acceptors (Lipinski definition) is 4. The van der Waals surface area contributed by atoms with E-state index in [1.807, 2.05) is 97.8 Å². The average Bonchev–Trinajstić information content (AvgIpc) is 3.17. The van der Waals surface area contributed by atoms with Crippen LogP contribution in [0.3, 0.4) is 0 Å². The van der Waals surface area contributed by atoms with Gasteiger partial charge in [-0.2, -0.15) is 5.10 Å². The number of hydrogen-bond donors (Lipinski definition) is 1. The molecule has 6 heteroatoms. The number of nitrogens with one attached hydrogen (secondary N) is 1. The van der Waals surface area contributed by atoms with Gasteiger partial charge in [-0.25, -0.2) is 0 Å².